The number of rotatable bonds is 0. The quantitative estimate of drug-likeness (QED) is 0.132. The molecule has 0 aromatic rings. The Morgan fingerprint density at radius 2 is 0.267 bits per heavy atom. The van der Waals surface area contributed by atoms with Crippen LogP contribution >= 0.6 is 0 Å². The van der Waals surface area contributed by atoms with Crippen molar-refractivity contribution in [2.24, 2.45) is 0 Å². The van der Waals surface area contributed by atoms with E-state index < -0.39 is 51.6 Å². The summed E-state index contributed by atoms with van der Waals surface area (Å²) in [7, 11) is -16.7. The molecule has 0 bridgehead atoms. The van der Waals surface area contributed by atoms with Crippen molar-refractivity contribution in [2.45, 2.75) is 72.0 Å². The summed E-state index contributed by atoms with van der Waals surface area (Å²) in [4.78, 5) is 105. The molecular formula is C11H46O13Si6. The van der Waals surface area contributed by atoms with Crippen LogP contribution in [0.1, 0.15) is 0 Å². The zero-order chi connectivity index (χ0) is 27.0. The third kappa shape index (κ3) is 36400. The van der Waals surface area contributed by atoms with Crippen LogP contribution in [0.3, 0.4) is 0 Å². The Morgan fingerprint density at radius 1 is 0.267 bits per heavy atom. The van der Waals surface area contributed by atoms with Crippen molar-refractivity contribution in [2.75, 3.05) is 0 Å². The molecule has 19 heteroatoms. The van der Waals surface area contributed by atoms with E-state index in [4.69, 9.17) is 62.3 Å². The van der Waals surface area contributed by atoms with Crippen LogP contribution in [0.15, 0.2) is 0 Å². The van der Waals surface area contributed by atoms with Crippen LogP contribution in [0.5, 0.6) is 0 Å². The molecule has 13 nitrogen and oxygen atoms in total. The molecule has 0 amide bonds. The largest absolute Gasteiger partial charge is 0.489 e. The minimum atomic E-state index is -3.61. The standard InChI is InChI=1S/C3H10OSi.3C2H8O2Si.2CH6O3Si/c6*1-5(2,3)4/h4H,1-3H3;3*3-4H,1-2H3;2*2-4H,1H3. The number of hydrogen-bond acceptors (Lipinski definition) is 13. The first-order valence-corrected chi connectivity index (χ1v) is 25.2. The van der Waals surface area contributed by atoms with Gasteiger partial charge in [-0.2, -0.15) is 0 Å². The lowest BCUT2D eigenvalue weighted by molar-refractivity contribution is 0.237. The zero-order valence-corrected chi connectivity index (χ0v) is 25.8. The van der Waals surface area contributed by atoms with Gasteiger partial charge in [-0.3, -0.25) is 0 Å². The smallest absolute Gasteiger partial charge is 0.433 e. The Kier molecular flexibility index (Phi) is 27.0. The average molecular weight is 555 g/mol. The topological polar surface area (TPSA) is 263 Å². The fourth-order valence-electron chi connectivity index (χ4n) is 0. The van der Waals surface area contributed by atoms with Crippen molar-refractivity contribution in [1.29, 1.82) is 0 Å². The third-order valence-corrected chi connectivity index (χ3v) is 0. The van der Waals surface area contributed by atoms with E-state index in [0.717, 1.165) is 13.1 Å². The predicted octanol–water partition coefficient (Wildman–Crippen LogP) is -3.10. The molecule has 0 aliphatic heterocycles. The van der Waals surface area contributed by atoms with Crippen molar-refractivity contribution in [3.8, 4) is 0 Å². The van der Waals surface area contributed by atoms with E-state index in [1.54, 1.807) is 0 Å². The second-order valence-corrected chi connectivity index (χ2v) is 25.8. The minimum absolute atomic E-state index is 0.993. The first-order chi connectivity index (χ1) is 12.0. The van der Waals surface area contributed by atoms with Crippen LogP contribution in [0.25, 0.3) is 0 Å². The van der Waals surface area contributed by atoms with Gasteiger partial charge in [0.25, 0.3) is 0 Å². The molecule has 192 valence electrons. The summed E-state index contributed by atoms with van der Waals surface area (Å²) < 4.78 is 0. The van der Waals surface area contributed by atoms with Gasteiger partial charge in [-0.1, -0.05) is 0 Å². The Labute approximate surface area is 186 Å². The summed E-state index contributed by atoms with van der Waals surface area (Å²) in [5.41, 5.74) is 0. The molecule has 0 atom stereocenters. The molecule has 0 aromatic carbocycles. The van der Waals surface area contributed by atoms with Crippen LogP contribution in [0.4, 0.5) is 0 Å². The molecule has 0 aliphatic carbocycles. The molecule has 0 saturated carbocycles. The molecule has 0 aliphatic rings. The van der Waals surface area contributed by atoms with Crippen molar-refractivity contribution in [3.05, 3.63) is 0 Å². The molecule has 0 unspecified atom stereocenters. The molecule has 0 saturated heterocycles. The van der Waals surface area contributed by atoms with Crippen LogP contribution in [0, 0.1) is 0 Å². The van der Waals surface area contributed by atoms with Gasteiger partial charge in [0.1, 0.15) is 0 Å². The van der Waals surface area contributed by atoms with Gasteiger partial charge in [0.15, 0.2) is 8.32 Å². The molecule has 13 N–H and O–H groups in total. The summed E-state index contributed by atoms with van der Waals surface area (Å²) in [6, 6.07) is 0. The first kappa shape index (κ1) is 44.5. The van der Waals surface area contributed by atoms with Crippen molar-refractivity contribution in [3.63, 3.8) is 0 Å². The Bertz CT molecular complexity index is 232. The highest BCUT2D eigenvalue weighted by atomic mass is 28.4. The minimum Gasteiger partial charge on any atom is -0.433 e. The molecular weight excluding hydrogens is 509 g/mol. The lowest BCUT2D eigenvalue weighted by atomic mass is 11.8. The van der Waals surface area contributed by atoms with Gasteiger partial charge >= 0.3 is 43.3 Å². The maximum atomic E-state index is 8.66. The summed E-state index contributed by atoms with van der Waals surface area (Å²) in [5, 5.41) is 0. The SMILES string of the molecule is C[Si](C)(C)O.C[Si](C)(O)O.C[Si](C)(O)O.C[Si](C)(O)O.C[Si](O)(O)O.C[Si](O)(O)O. The zero-order valence-electron chi connectivity index (χ0n) is 19.8. The van der Waals surface area contributed by atoms with Gasteiger partial charge in [-0.05, 0) is 58.9 Å². The average Bonchev–Trinajstić information content (AvgIpc) is 1.94. The molecule has 0 radical (unpaired) electrons. The summed E-state index contributed by atoms with van der Waals surface area (Å²) in [6.45, 7) is 16.3. The molecule has 0 fully saturated rings. The van der Waals surface area contributed by atoms with Crippen LogP contribution < -0.4 is 0 Å². The van der Waals surface area contributed by atoms with Gasteiger partial charge in [-0.25, -0.2) is 0 Å². The first-order valence-electron chi connectivity index (χ1n) is 8.41. The van der Waals surface area contributed by atoms with E-state index in [-0.39, 0.29) is 0 Å². The highest BCUT2D eigenvalue weighted by Gasteiger charge is 2.15. The highest BCUT2D eigenvalue weighted by molar-refractivity contribution is 6.68. The van der Waals surface area contributed by atoms with E-state index in [1.807, 2.05) is 19.6 Å². The molecule has 0 aromatic heterocycles. The lowest BCUT2D eigenvalue weighted by Crippen LogP contribution is -2.28. The fraction of sp³-hybridized carbons (Fsp3) is 1.00. The van der Waals surface area contributed by atoms with E-state index in [1.165, 1.54) is 39.3 Å². The van der Waals surface area contributed by atoms with Gasteiger partial charge in [0.2, 0.25) is 0 Å². The van der Waals surface area contributed by atoms with Crippen molar-refractivity contribution < 1.29 is 62.3 Å². The van der Waals surface area contributed by atoms with Crippen molar-refractivity contribution in [1.82, 2.24) is 0 Å². The highest BCUT2D eigenvalue weighted by Crippen LogP contribution is 1.88. The predicted molar refractivity (Wildman–Crippen MR) is 128 cm³/mol. The third-order valence-electron chi connectivity index (χ3n) is 0. The van der Waals surface area contributed by atoms with Gasteiger partial charge in [0, 0.05) is 13.1 Å². The fourth-order valence-corrected chi connectivity index (χ4v) is 0. The second-order valence-electron chi connectivity index (χ2n) is 8.60. The van der Waals surface area contributed by atoms with Gasteiger partial charge in [0.05, 0.1) is 0 Å². The van der Waals surface area contributed by atoms with Crippen LogP contribution in [-0.4, -0.2) is 114 Å². The van der Waals surface area contributed by atoms with E-state index >= 15 is 0 Å². The Hall–Kier alpha value is 0.781. The molecule has 30 heavy (non-hydrogen) atoms. The Balaban J connectivity index is -0.0000000576. The molecule has 0 rings (SSSR count). The Morgan fingerprint density at radius 3 is 0.267 bits per heavy atom. The van der Waals surface area contributed by atoms with E-state index in [9.17, 15) is 0 Å². The maximum absolute atomic E-state index is 8.66. The molecule has 0 spiro atoms. The second kappa shape index (κ2) is 18.2. The van der Waals surface area contributed by atoms with Gasteiger partial charge in [-0.15, -0.1) is 0 Å². The van der Waals surface area contributed by atoms with Gasteiger partial charge < -0.3 is 62.3 Å². The van der Waals surface area contributed by atoms with E-state index in [2.05, 4.69) is 0 Å². The number of hydrogen-bond donors (Lipinski definition) is 13. The van der Waals surface area contributed by atoms with E-state index in [0.29, 0.717) is 0 Å². The normalized spacial score (nSPS) is 12.0. The summed E-state index contributed by atoms with van der Waals surface area (Å²) in [6.07, 6.45) is 0. The summed E-state index contributed by atoms with van der Waals surface area (Å²) >= 11 is 0. The van der Waals surface area contributed by atoms with Crippen molar-refractivity contribution >= 4 is 51.6 Å². The monoisotopic (exact) mass is 554 g/mol. The van der Waals surface area contributed by atoms with Crippen LogP contribution in [0.2, 0.25) is 72.0 Å². The van der Waals surface area contributed by atoms with Crippen LogP contribution in [-0.2, 0) is 0 Å². The summed E-state index contributed by atoms with van der Waals surface area (Å²) in [5.74, 6) is 0. The lowest BCUT2D eigenvalue weighted by Gasteiger charge is -2.00. The maximum Gasteiger partial charge on any atom is 0.489 e. The molecule has 0 heterocycles.